The summed E-state index contributed by atoms with van der Waals surface area (Å²) in [7, 11) is 0. The molecule has 0 saturated heterocycles. The van der Waals surface area contributed by atoms with E-state index in [0.717, 1.165) is 10.9 Å². The summed E-state index contributed by atoms with van der Waals surface area (Å²) < 4.78 is 22.6. The van der Waals surface area contributed by atoms with Crippen molar-refractivity contribution in [2.24, 2.45) is 0 Å². The molecule has 3 aromatic carbocycles. The van der Waals surface area contributed by atoms with E-state index in [9.17, 15) is 9.18 Å². The molecule has 0 spiro atoms. The van der Waals surface area contributed by atoms with Crippen LogP contribution in [0.4, 0.5) is 9.18 Å². The van der Waals surface area contributed by atoms with Crippen molar-refractivity contribution in [3.05, 3.63) is 86.7 Å². The molecule has 0 N–H and O–H groups in total. The Morgan fingerprint density at radius 3 is 2.34 bits per heavy atom. The number of aryl methyl sites for hydroxylation is 1. The minimum absolute atomic E-state index is 0.240. The summed E-state index contributed by atoms with van der Waals surface area (Å²) >= 11 is 18.9. The highest BCUT2D eigenvalue weighted by Gasteiger charge is 2.20. The zero-order valence-corrected chi connectivity index (χ0v) is 21.8. The average Bonchev–Trinajstić information content (AvgIpc) is 3.22. The molecule has 1 aromatic heterocycles. The molecule has 1 heterocycles. The van der Waals surface area contributed by atoms with E-state index in [-0.39, 0.29) is 12.4 Å². The van der Waals surface area contributed by atoms with Crippen molar-refractivity contribution in [2.45, 2.75) is 27.3 Å². The number of fused-ring (bicyclic) bond motifs is 1. The average molecular weight is 534 g/mol. The van der Waals surface area contributed by atoms with Crippen LogP contribution in [0.5, 0.6) is 5.75 Å². The molecule has 0 unspecified atom stereocenters. The summed E-state index contributed by atoms with van der Waals surface area (Å²) in [5.74, 6) is 0.0521. The number of halogens is 4. The van der Waals surface area contributed by atoms with Crippen molar-refractivity contribution in [1.82, 2.24) is 9.47 Å². The van der Waals surface area contributed by atoms with Gasteiger partial charge in [0.05, 0.1) is 6.54 Å². The third-order valence-corrected chi connectivity index (χ3v) is 6.78. The van der Waals surface area contributed by atoms with E-state index in [1.807, 2.05) is 36.7 Å². The Morgan fingerprint density at radius 1 is 1.00 bits per heavy atom. The fourth-order valence-corrected chi connectivity index (χ4v) is 4.87. The smallest absolute Gasteiger partial charge is 0.410 e. The summed E-state index contributed by atoms with van der Waals surface area (Å²) in [5, 5.41) is 2.08. The SMILES string of the molecule is CCN(CC)C(=O)Oc1ccc2c(ccn2Cc2c(Cl)ccc(C)c2F)c1-c1cc(Cl)cc(Cl)c1. The quantitative estimate of drug-likeness (QED) is 0.249. The second kappa shape index (κ2) is 10.5. The van der Waals surface area contributed by atoms with Gasteiger partial charge in [0.2, 0.25) is 0 Å². The van der Waals surface area contributed by atoms with Crippen LogP contribution in [0.3, 0.4) is 0 Å². The van der Waals surface area contributed by atoms with Crippen LogP contribution in [-0.2, 0) is 6.54 Å². The molecule has 0 fully saturated rings. The number of hydrogen-bond acceptors (Lipinski definition) is 2. The third kappa shape index (κ3) is 5.13. The Kier molecular flexibility index (Phi) is 7.60. The van der Waals surface area contributed by atoms with Gasteiger partial charge in [-0.1, -0.05) is 40.9 Å². The zero-order valence-electron chi connectivity index (χ0n) is 19.5. The molecular formula is C27H24Cl3FN2O2. The summed E-state index contributed by atoms with van der Waals surface area (Å²) in [5.41, 5.74) is 3.12. The summed E-state index contributed by atoms with van der Waals surface area (Å²) in [4.78, 5) is 14.4. The molecule has 0 saturated carbocycles. The second-order valence-electron chi connectivity index (χ2n) is 8.17. The van der Waals surface area contributed by atoms with Crippen molar-refractivity contribution in [2.75, 3.05) is 13.1 Å². The molecule has 0 atom stereocenters. The van der Waals surface area contributed by atoms with Crippen LogP contribution in [0, 0.1) is 12.7 Å². The van der Waals surface area contributed by atoms with Crippen LogP contribution in [0.2, 0.25) is 15.1 Å². The maximum absolute atomic E-state index is 14.8. The summed E-state index contributed by atoms with van der Waals surface area (Å²) in [6, 6.07) is 14.0. The van der Waals surface area contributed by atoms with Gasteiger partial charge < -0.3 is 14.2 Å². The first-order valence-corrected chi connectivity index (χ1v) is 12.3. The maximum atomic E-state index is 14.8. The number of nitrogens with zero attached hydrogens (tertiary/aromatic N) is 2. The number of carbonyl (C=O) groups excluding carboxylic acids is 1. The molecule has 4 rings (SSSR count). The first kappa shape index (κ1) is 25.4. The van der Waals surface area contributed by atoms with Gasteiger partial charge in [0.15, 0.2) is 0 Å². The predicted octanol–water partition coefficient (Wildman–Crippen LogP) is 8.60. The molecule has 35 heavy (non-hydrogen) atoms. The van der Waals surface area contributed by atoms with E-state index in [4.69, 9.17) is 39.5 Å². The first-order valence-electron chi connectivity index (χ1n) is 11.2. The van der Waals surface area contributed by atoms with Crippen molar-refractivity contribution in [3.8, 4) is 16.9 Å². The van der Waals surface area contributed by atoms with E-state index < -0.39 is 6.09 Å². The van der Waals surface area contributed by atoms with Gasteiger partial charge in [0.25, 0.3) is 0 Å². The van der Waals surface area contributed by atoms with E-state index >= 15 is 0 Å². The highest BCUT2D eigenvalue weighted by Crippen LogP contribution is 2.40. The number of aromatic nitrogens is 1. The number of rotatable bonds is 6. The Hall–Kier alpha value is -2.73. The first-order chi connectivity index (χ1) is 16.7. The topological polar surface area (TPSA) is 34.5 Å². The monoisotopic (exact) mass is 532 g/mol. The standard InChI is InChI=1S/C27H24Cl3FN2O2/c1-4-32(5-2)27(34)35-24-9-8-23-20(25(24)17-12-18(28)14-19(29)13-17)10-11-33(23)15-21-22(30)7-6-16(3)26(21)31/h6-14H,4-5,15H2,1-3H3. The molecule has 0 radical (unpaired) electrons. The highest BCUT2D eigenvalue weighted by molar-refractivity contribution is 6.35. The lowest BCUT2D eigenvalue weighted by atomic mass is 10.0. The molecule has 1 amide bonds. The lowest BCUT2D eigenvalue weighted by Crippen LogP contribution is -2.33. The van der Waals surface area contributed by atoms with Crippen molar-refractivity contribution < 1.29 is 13.9 Å². The van der Waals surface area contributed by atoms with Crippen LogP contribution >= 0.6 is 34.8 Å². The lowest BCUT2D eigenvalue weighted by molar-refractivity contribution is 0.157. The molecule has 0 bridgehead atoms. The van der Waals surface area contributed by atoms with Gasteiger partial charge in [-0.15, -0.1) is 0 Å². The van der Waals surface area contributed by atoms with Gasteiger partial charge in [0, 0.05) is 56.4 Å². The van der Waals surface area contributed by atoms with Crippen LogP contribution in [-0.4, -0.2) is 28.6 Å². The summed E-state index contributed by atoms with van der Waals surface area (Å²) in [6.45, 7) is 6.78. The number of hydrogen-bond donors (Lipinski definition) is 0. The van der Waals surface area contributed by atoms with E-state index in [0.29, 0.717) is 56.2 Å². The van der Waals surface area contributed by atoms with E-state index in [2.05, 4.69) is 0 Å². The minimum Gasteiger partial charge on any atom is -0.410 e. The maximum Gasteiger partial charge on any atom is 0.415 e. The van der Waals surface area contributed by atoms with Crippen LogP contribution in [0.15, 0.2) is 54.7 Å². The van der Waals surface area contributed by atoms with Gasteiger partial charge in [-0.25, -0.2) is 9.18 Å². The fraction of sp³-hybridized carbons (Fsp3) is 0.222. The normalized spacial score (nSPS) is 11.2. The predicted molar refractivity (Wildman–Crippen MR) is 142 cm³/mol. The number of benzene rings is 3. The van der Waals surface area contributed by atoms with Crippen LogP contribution in [0.25, 0.3) is 22.0 Å². The van der Waals surface area contributed by atoms with Gasteiger partial charge in [-0.2, -0.15) is 0 Å². The largest absolute Gasteiger partial charge is 0.415 e. The molecule has 0 aliphatic heterocycles. The van der Waals surface area contributed by atoms with E-state index in [1.165, 1.54) is 0 Å². The Bertz CT molecular complexity index is 1390. The van der Waals surface area contributed by atoms with Gasteiger partial charge in [-0.3, -0.25) is 0 Å². The minimum atomic E-state index is -0.447. The number of amides is 1. The summed E-state index contributed by atoms with van der Waals surface area (Å²) in [6.07, 6.45) is 1.41. The molecule has 182 valence electrons. The second-order valence-corrected chi connectivity index (χ2v) is 9.45. The molecule has 8 heteroatoms. The third-order valence-electron chi connectivity index (χ3n) is 5.99. The van der Waals surface area contributed by atoms with Gasteiger partial charge in [-0.05, 0) is 74.4 Å². The van der Waals surface area contributed by atoms with E-state index in [1.54, 1.807) is 48.2 Å². The van der Waals surface area contributed by atoms with Crippen LogP contribution < -0.4 is 4.74 Å². The van der Waals surface area contributed by atoms with Crippen molar-refractivity contribution in [1.29, 1.82) is 0 Å². The molecule has 4 nitrogen and oxygen atoms in total. The zero-order chi connectivity index (χ0) is 25.3. The molecule has 0 aliphatic carbocycles. The lowest BCUT2D eigenvalue weighted by Gasteiger charge is -2.20. The number of ether oxygens (including phenoxy) is 1. The van der Waals surface area contributed by atoms with Crippen molar-refractivity contribution >= 4 is 51.8 Å². The Morgan fingerprint density at radius 2 is 1.69 bits per heavy atom. The molecular weight excluding hydrogens is 510 g/mol. The number of carbonyl (C=O) groups is 1. The van der Waals surface area contributed by atoms with Crippen molar-refractivity contribution in [3.63, 3.8) is 0 Å². The Balaban J connectivity index is 1.88. The van der Waals surface area contributed by atoms with Crippen LogP contribution in [0.1, 0.15) is 25.0 Å². The Labute approximate surface area is 218 Å². The van der Waals surface area contributed by atoms with Gasteiger partial charge >= 0.3 is 6.09 Å². The highest BCUT2D eigenvalue weighted by atomic mass is 35.5. The molecule has 0 aliphatic rings. The van der Waals surface area contributed by atoms with Gasteiger partial charge in [0.1, 0.15) is 11.6 Å². The fourth-order valence-electron chi connectivity index (χ4n) is 4.14. The molecule has 4 aromatic rings.